The van der Waals surface area contributed by atoms with Crippen molar-refractivity contribution in [2.45, 2.75) is 0 Å². The lowest BCUT2D eigenvalue weighted by Gasteiger charge is -1.94. The summed E-state index contributed by atoms with van der Waals surface area (Å²) in [4.78, 5) is 11.2. The first-order chi connectivity index (χ1) is 5.34. The SMILES string of the molecule is CSSC(=O)c1ccccc1. The molecule has 0 radical (unpaired) electrons. The van der Waals surface area contributed by atoms with E-state index in [2.05, 4.69) is 0 Å². The molecule has 11 heavy (non-hydrogen) atoms. The minimum Gasteiger partial charge on any atom is -0.281 e. The quantitative estimate of drug-likeness (QED) is 0.658. The maximum atomic E-state index is 11.2. The third kappa shape index (κ3) is 2.60. The van der Waals surface area contributed by atoms with E-state index in [1.54, 1.807) is 0 Å². The van der Waals surface area contributed by atoms with Crippen LogP contribution in [0.1, 0.15) is 10.4 Å². The zero-order chi connectivity index (χ0) is 8.10. The monoisotopic (exact) mass is 184 g/mol. The molecule has 0 aliphatic heterocycles. The molecule has 0 unspecified atom stereocenters. The van der Waals surface area contributed by atoms with E-state index in [0.29, 0.717) is 0 Å². The Hall–Kier alpha value is -0.410. The number of carbonyl (C=O) groups is 1. The molecule has 0 fully saturated rings. The number of carbonyl (C=O) groups excluding carboxylic acids is 1. The smallest absolute Gasteiger partial charge is 0.229 e. The standard InChI is InChI=1S/C8H8OS2/c1-10-11-8(9)7-5-3-2-4-6-7/h2-6H,1H3. The van der Waals surface area contributed by atoms with Crippen LogP contribution in [0.4, 0.5) is 0 Å². The van der Waals surface area contributed by atoms with Crippen LogP contribution in [-0.4, -0.2) is 11.4 Å². The molecule has 0 saturated carbocycles. The normalized spacial score (nSPS) is 9.55. The molecule has 0 bridgehead atoms. The zero-order valence-corrected chi connectivity index (χ0v) is 7.74. The molecule has 0 heterocycles. The van der Waals surface area contributed by atoms with Gasteiger partial charge in [-0.1, -0.05) is 41.1 Å². The summed E-state index contributed by atoms with van der Waals surface area (Å²) in [5.41, 5.74) is 0.770. The Morgan fingerprint density at radius 2 is 1.91 bits per heavy atom. The van der Waals surface area contributed by atoms with E-state index < -0.39 is 0 Å². The van der Waals surface area contributed by atoms with Crippen molar-refractivity contribution in [2.24, 2.45) is 0 Å². The lowest BCUT2D eigenvalue weighted by molar-refractivity contribution is 0.109. The molecule has 1 aromatic carbocycles. The van der Waals surface area contributed by atoms with Crippen LogP contribution in [0.3, 0.4) is 0 Å². The van der Waals surface area contributed by atoms with E-state index in [-0.39, 0.29) is 5.12 Å². The fraction of sp³-hybridized carbons (Fsp3) is 0.125. The molecule has 0 aliphatic rings. The lowest BCUT2D eigenvalue weighted by atomic mass is 10.2. The third-order valence-corrected chi connectivity index (χ3v) is 2.68. The maximum absolute atomic E-state index is 11.2. The van der Waals surface area contributed by atoms with Gasteiger partial charge in [-0.05, 0) is 17.0 Å². The van der Waals surface area contributed by atoms with Gasteiger partial charge in [0.15, 0.2) is 0 Å². The predicted molar refractivity (Wildman–Crippen MR) is 51.9 cm³/mol. The lowest BCUT2D eigenvalue weighted by Crippen LogP contribution is -1.88. The van der Waals surface area contributed by atoms with E-state index in [1.165, 1.54) is 21.6 Å². The molecule has 0 aromatic heterocycles. The summed E-state index contributed by atoms with van der Waals surface area (Å²) in [6.45, 7) is 0. The Labute approximate surface area is 74.0 Å². The number of hydrogen-bond acceptors (Lipinski definition) is 3. The van der Waals surface area contributed by atoms with Crippen LogP contribution < -0.4 is 0 Å². The highest BCUT2D eigenvalue weighted by Gasteiger charge is 2.02. The van der Waals surface area contributed by atoms with Gasteiger partial charge < -0.3 is 0 Å². The number of rotatable bonds is 2. The Morgan fingerprint density at radius 3 is 2.45 bits per heavy atom. The van der Waals surface area contributed by atoms with Gasteiger partial charge in [-0.15, -0.1) is 0 Å². The molecule has 0 spiro atoms. The summed E-state index contributed by atoms with van der Waals surface area (Å²) < 4.78 is 0. The Balaban J connectivity index is 2.69. The molecule has 0 N–H and O–H groups in total. The van der Waals surface area contributed by atoms with Crippen molar-refractivity contribution >= 4 is 26.7 Å². The second-order valence-corrected chi connectivity index (χ2v) is 4.27. The zero-order valence-electron chi connectivity index (χ0n) is 6.11. The van der Waals surface area contributed by atoms with Crippen LogP contribution in [0.25, 0.3) is 0 Å². The van der Waals surface area contributed by atoms with Crippen molar-refractivity contribution in [1.82, 2.24) is 0 Å². The van der Waals surface area contributed by atoms with Crippen LogP contribution in [-0.2, 0) is 0 Å². The van der Waals surface area contributed by atoms with Crippen molar-refractivity contribution < 1.29 is 4.79 Å². The molecule has 1 nitrogen and oxygen atoms in total. The van der Waals surface area contributed by atoms with Crippen LogP contribution in [0, 0.1) is 0 Å². The van der Waals surface area contributed by atoms with Gasteiger partial charge in [0, 0.05) is 5.56 Å². The molecule has 0 atom stereocenters. The van der Waals surface area contributed by atoms with Gasteiger partial charge in [0.25, 0.3) is 0 Å². The molecular formula is C8H8OS2. The highest BCUT2D eigenvalue weighted by molar-refractivity contribution is 8.82. The van der Waals surface area contributed by atoms with Crippen LogP contribution >= 0.6 is 21.6 Å². The molecular weight excluding hydrogens is 176 g/mol. The summed E-state index contributed by atoms with van der Waals surface area (Å²) in [6.07, 6.45) is 1.89. The van der Waals surface area contributed by atoms with Crippen molar-refractivity contribution in [3.05, 3.63) is 35.9 Å². The molecule has 3 heteroatoms. The first-order valence-corrected chi connectivity index (χ1v) is 5.70. The third-order valence-electron chi connectivity index (χ3n) is 1.17. The number of benzene rings is 1. The molecule has 0 saturated heterocycles. The van der Waals surface area contributed by atoms with Crippen molar-refractivity contribution in [1.29, 1.82) is 0 Å². The van der Waals surface area contributed by atoms with E-state index in [0.717, 1.165) is 5.56 Å². The average Bonchev–Trinajstić information content (AvgIpc) is 2.07. The summed E-state index contributed by atoms with van der Waals surface area (Å²) in [5.74, 6) is 0. The summed E-state index contributed by atoms with van der Waals surface area (Å²) >= 11 is 0. The summed E-state index contributed by atoms with van der Waals surface area (Å²) in [7, 11) is 2.73. The molecule has 1 aromatic rings. The fourth-order valence-electron chi connectivity index (χ4n) is 0.698. The van der Waals surface area contributed by atoms with Crippen molar-refractivity contribution in [3.63, 3.8) is 0 Å². The van der Waals surface area contributed by atoms with Gasteiger partial charge in [0.1, 0.15) is 0 Å². The second-order valence-electron chi connectivity index (χ2n) is 1.90. The summed E-state index contributed by atoms with van der Waals surface area (Å²) in [6, 6.07) is 9.29. The molecule has 0 amide bonds. The minimum absolute atomic E-state index is 0.123. The minimum atomic E-state index is 0.123. The second kappa shape index (κ2) is 4.46. The van der Waals surface area contributed by atoms with Crippen LogP contribution in [0.2, 0.25) is 0 Å². The van der Waals surface area contributed by atoms with E-state index in [9.17, 15) is 4.79 Å². The van der Waals surface area contributed by atoms with Gasteiger partial charge in [-0.25, -0.2) is 0 Å². The van der Waals surface area contributed by atoms with Gasteiger partial charge in [0.2, 0.25) is 5.12 Å². The first-order valence-electron chi connectivity index (χ1n) is 3.14. The van der Waals surface area contributed by atoms with E-state index >= 15 is 0 Å². The molecule has 58 valence electrons. The Kier molecular flexibility index (Phi) is 3.52. The molecule has 0 aliphatic carbocycles. The average molecular weight is 184 g/mol. The fourth-order valence-corrected chi connectivity index (χ4v) is 1.82. The largest absolute Gasteiger partial charge is 0.281 e. The van der Waals surface area contributed by atoms with Gasteiger partial charge >= 0.3 is 0 Å². The topological polar surface area (TPSA) is 17.1 Å². The number of hydrogen-bond donors (Lipinski definition) is 0. The summed E-state index contributed by atoms with van der Waals surface area (Å²) in [5, 5.41) is 0.123. The van der Waals surface area contributed by atoms with E-state index in [1.807, 2.05) is 36.6 Å². The van der Waals surface area contributed by atoms with Crippen LogP contribution in [0.15, 0.2) is 30.3 Å². The predicted octanol–water partition coefficient (Wildman–Crippen LogP) is 2.84. The van der Waals surface area contributed by atoms with Gasteiger partial charge in [-0.2, -0.15) is 0 Å². The highest BCUT2D eigenvalue weighted by Crippen LogP contribution is 2.22. The van der Waals surface area contributed by atoms with Gasteiger partial charge in [-0.3, -0.25) is 4.79 Å². The van der Waals surface area contributed by atoms with Crippen molar-refractivity contribution in [2.75, 3.05) is 6.26 Å². The van der Waals surface area contributed by atoms with E-state index in [4.69, 9.17) is 0 Å². The Morgan fingerprint density at radius 1 is 1.27 bits per heavy atom. The molecule has 1 rings (SSSR count). The first kappa shape index (κ1) is 8.68. The van der Waals surface area contributed by atoms with Crippen molar-refractivity contribution in [3.8, 4) is 0 Å². The van der Waals surface area contributed by atoms with Gasteiger partial charge in [0.05, 0.1) is 0 Å². The maximum Gasteiger partial charge on any atom is 0.229 e. The highest BCUT2D eigenvalue weighted by atomic mass is 33.1. The Bertz CT molecular complexity index is 233. The van der Waals surface area contributed by atoms with Crippen LogP contribution in [0.5, 0.6) is 0 Å².